The number of alkyl halides is 2. The summed E-state index contributed by atoms with van der Waals surface area (Å²) in [5.41, 5.74) is -0.557. The van der Waals surface area contributed by atoms with Crippen LogP contribution >= 0.6 is 0 Å². The monoisotopic (exact) mass is 226 g/mol. The van der Waals surface area contributed by atoms with E-state index >= 15 is 0 Å². The van der Waals surface area contributed by atoms with E-state index in [-0.39, 0.29) is 5.56 Å². The van der Waals surface area contributed by atoms with E-state index in [9.17, 15) is 13.6 Å². The zero-order valence-corrected chi connectivity index (χ0v) is 8.84. The lowest BCUT2D eigenvalue weighted by Gasteiger charge is -2.15. The minimum atomic E-state index is -2.93. The lowest BCUT2D eigenvalue weighted by molar-refractivity contribution is -0.140. The lowest BCUT2D eigenvalue weighted by atomic mass is 9.93. The summed E-state index contributed by atoms with van der Waals surface area (Å²) in [6.45, 7) is 0.812. The Labute approximate surface area is 91.9 Å². The third-order valence-corrected chi connectivity index (χ3v) is 3.08. The Morgan fingerprint density at radius 3 is 2.50 bits per heavy atom. The minimum absolute atomic E-state index is 0.127. The molecule has 1 aromatic carbocycles. The molecule has 0 spiro atoms. The van der Waals surface area contributed by atoms with E-state index in [1.807, 2.05) is 0 Å². The number of carboxylic acid groups (broad SMARTS) is 1. The SMILES string of the molecule is CC(F)(F)c1cccc(C2(C(=O)O)CC2)c1. The standard InChI is InChI=1S/C12H12F2O2/c1-11(13,14)8-3-2-4-9(7-8)12(5-6-12)10(15)16/h2-4,7H,5-6H2,1H3,(H,15,16). The van der Waals surface area contributed by atoms with Crippen molar-refractivity contribution in [3.05, 3.63) is 35.4 Å². The number of carbonyl (C=O) groups is 1. The van der Waals surface area contributed by atoms with E-state index in [1.165, 1.54) is 18.2 Å². The van der Waals surface area contributed by atoms with Crippen LogP contribution in [-0.4, -0.2) is 11.1 Å². The molecule has 0 amide bonds. The van der Waals surface area contributed by atoms with E-state index in [2.05, 4.69) is 0 Å². The third-order valence-electron chi connectivity index (χ3n) is 3.08. The average Bonchev–Trinajstić information content (AvgIpc) is 2.97. The number of aliphatic carboxylic acids is 1. The van der Waals surface area contributed by atoms with Crippen LogP contribution in [0, 0.1) is 0 Å². The van der Waals surface area contributed by atoms with Crippen molar-refractivity contribution in [3.8, 4) is 0 Å². The van der Waals surface area contributed by atoms with Crippen molar-refractivity contribution in [2.45, 2.75) is 31.1 Å². The molecule has 16 heavy (non-hydrogen) atoms. The Hall–Kier alpha value is -1.45. The number of hydrogen-bond donors (Lipinski definition) is 1. The molecule has 4 heteroatoms. The molecule has 0 unspecified atom stereocenters. The Morgan fingerprint density at radius 2 is 2.06 bits per heavy atom. The van der Waals surface area contributed by atoms with Crippen LogP contribution in [0.3, 0.4) is 0 Å². The molecule has 0 heterocycles. The van der Waals surface area contributed by atoms with Gasteiger partial charge in [0.25, 0.3) is 5.92 Å². The third kappa shape index (κ3) is 1.68. The smallest absolute Gasteiger partial charge is 0.314 e. The molecule has 0 atom stereocenters. The van der Waals surface area contributed by atoms with E-state index < -0.39 is 17.3 Å². The van der Waals surface area contributed by atoms with Gasteiger partial charge >= 0.3 is 5.97 Å². The fourth-order valence-corrected chi connectivity index (χ4v) is 1.84. The summed E-state index contributed by atoms with van der Waals surface area (Å²) < 4.78 is 26.2. The van der Waals surface area contributed by atoms with Crippen LogP contribution in [0.25, 0.3) is 0 Å². The number of benzene rings is 1. The van der Waals surface area contributed by atoms with Gasteiger partial charge < -0.3 is 5.11 Å². The summed E-state index contributed by atoms with van der Waals surface area (Å²) in [4.78, 5) is 11.1. The zero-order valence-electron chi connectivity index (χ0n) is 8.84. The van der Waals surface area contributed by atoms with E-state index in [1.54, 1.807) is 6.07 Å². The Kier molecular flexibility index (Phi) is 2.26. The molecule has 1 aliphatic rings. The summed E-state index contributed by atoms with van der Waals surface area (Å²) in [6.07, 6.45) is 1.06. The van der Waals surface area contributed by atoms with Crippen molar-refractivity contribution < 1.29 is 18.7 Å². The number of hydrogen-bond acceptors (Lipinski definition) is 1. The lowest BCUT2D eigenvalue weighted by Crippen LogP contribution is -2.20. The predicted octanol–water partition coefficient (Wildman–Crippen LogP) is 2.91. The highest BCUT2D eigenvalue weighted by molar-refractivity contribution is 5.84. The van der Waals surface area contributed by atoms with Crippen LogP contribution in [0.15, 0.2) is 24.3 Å². The van der Waals surface area contributed by atoms with Crippen molar-refractivity contribution in [1.29, 1.82) is 0 Å². The maximum absolute atomic E-state index is 13.1. The fraction of sp³-hybridized carbons (Fsp3) is 0.417. The van der Waals surface area contributed by atoms with E-state index in [0.717, 1.165) is 6.92 Å². The van der Waals surface area contributed by atoms with Crippen LogP contribution in [0.2, 0.25) is 0 Å². The van der Waals surface area contributed by atoms with Gasteiger partial charge in [0.1, 0.15) is 0 Å². The molecule has 0 aromatic heterocycles. The molecule has 86 valence electrons. The van der Waals surface area contributed by atoms with Crippen molar-refractivity contribution in [1.82, 2.24) is 0 Å². The molecule has 1 aromatic rings. The molecule has 1 fully saturated rings. The molecule has 1 aliphatic carbocycles. The van der Waals surface area contributed by atoms with Gasteiger partial charge in [0.2, 0.25) is 0 Å². The van der Waals surface area contributed by atoms with Crippen molar-refractivity contribution >= 4 is 5.97 Å². The molecule has 1 N–H and O–H groups in total. The van der Waals surface area contributed by atoms with Gasteiger partial charge in [-0.2, -0.15) is 0 Å². The molecule has 0 aliphatic heterocycles. The summed E-state index contributed by atoms with van der Waals surface area (Å²) in [6, 6.07) is 5.73. The fourth-order valence-electron chi connectivity index (χ4n) is 1.84. The van der Waals surface area contributed by atoms with Gasteiger partial charge in [0, 0.05) is 12.5 Å². The maximum Gasteiger partial charge on any atom is 0.314 e. The second kappa shape index (κ2) is 3.27. The van der Waals surface area contributed by atoms with E-state index in [0.29, 0.717) is 18.4 Å². The van der Waals surface area contributed by atoms with Gasteiger partial charge in [-0.1, -0.05) is 18.2 Å². The number of halogens is 2. The molecule has 2 nitrogen and oxygen atoms in total. The van der Waals surface area contributed by atoms with Crippen LogP contribution in [0.4, 0.5) is 8.78 Å². The normalized spacial score (nSPS) is 18.2. The van der Waals surface area contributed by atoms with Crippen LogP contribution in [0.5, 0.6) is 0 Å². The van der Waals surface area contributed by atoms with E-state index in [4.69, 9.17) is 5.11 Å². The first-order valence-corrected chi connectivity index (χ1v) is 5.08. The summed E-state index contributed by atoms with van der Waals surface area (Å²) in [5.74, 6) is -3.85. The Morgan fingerprint density at radius 1 is 1.44 bits per heavy atom. The van der Waals surface area contributed by atoms with Crippen molar-refractivity contribution in [3.63, 3.8) is 0 Å². The molecule has 0 bridgehead atoms. The molecule has 2 rings (SSSR count). The average molecular weight is 226 g/mol. The van der Waals surface area contributed by atoms with Crippen molar-refractivity contribution in [2.24, 2.45) is 0 Å². The Balaban J connectivity index is 2.41. The topological polar surface area (TPSA) is 37.3 Å². The highest BCUT2D eigenvalue weighted by Gasteiger charge is 2.52. The minimum Gasteiger partial charge on any atom is -0.481 e. The summed E-state index contributed by atoms with van der Waals surface area (Å²) >= 11 is 0. The molecular weight excluding hydrogens is 214 g/mol. The second-order valence-electron chi connectivity index (χ2n) is 4.36. The summed E-state index contributed by atoms with van der Waals surface area (Å²) in [7, 11) is 0. The van der Waals surface area contributed by atoms with Crippen LogP contribution in [-0.2, 0) is 16.1 Å². The highest BCUT2D eigenvalue weighted by Crippen LogP contribution is 2.49. The quantitative estimate of drug-likeness (QED) is 0.860. The Bertz CT molecular complexity index is 431. The highest BCUT2D eigenvalue weighted by atomic mass is 19.3. The van der Waals surface area contributed by atoms with Gasteiger partial charge in [-0.25, -0.2) is 8.78 Å². The van der Waals surface area contributed by atoms with Gasteiger partial charge in [0.05, 0.1) is 5.41 Å². The van der Waals surface area contributed by atoms with Gasteiger partial charge in [-0.15, -0.1) is 0 Å². The van der Waals surface area contributed by atoms with Crippen LogP contribution in [0.1, 0.15) is 30.9 Å². The largest absolute Gasteiger partial charge is 0.481 e. The van der Waals surface area contributed by atoms with Gasteiger partial charge in [0.15, 0.2) is 0 Å². The van der Waals surface area contributed by atoms with Crippen LogP contribution < -0.4 is 0 Å². The first kappa shape index (κ1) is 11.0. The van der Waals surface area contributed by atoms with Crippen molar-refractivity contribution in [2.75, 3.05) is 0 Å². The zero-order chi connectivity index (χ0) is 12.0. The van der Waals surface area contributed by atoms with Gasteiger partial charge in [-0.05, 0) is 24.5 Å². The molecule has 0 radical (unpaired) electrons. The summed E-state index contributed by atoms with van der Waals surface area (Å²) in [5, 5.41) is 9.06. The first-order chi connectivity index (χ1) is 7.36. The molecule has 1 saturated carbocycles. The second-order valence-corrected chi connectivity index (χ2v) is 4.36. The predicted molar refractivity (Wildman–Crippen MR) is 54.6 cm³/mol. The number of rotatable bonds is 3. The van der Waals surface area contributed by atoms with Gasteiger partial charge in [-0.3, -0.25) is 4.79 Å². The molecular formula is C12H12F2O2. The number of carboxylic acids is 1. The first-order valence-electron chi connectivity index (χ1n) is 5.08. The maximum atomic E-state index is 13.1. The molecule has 0 saturated heterocycles.